The van der Waals surface area contributed by atoms with E-state index in [1.807, 2.05) is 33.7 Å². The summed E-state index contributed by atoms with van der Waals surface area (Å²) in [6, 6.07) is 7.52. The summed E-state index contributed by atoms with van der Waals surface area (Å²) < 4.78 is 3.24. The van der Waals surface area contributed by atoms with Crippen molar-refractivity contribution in [1.82, 2.24) is 19.1 Å². The summed E-state index contributed by atoms with van der Waals surface area (Å²) in [5.74, 6) is 0.961. The molecular weight excluding hydrogens is 330 g/mol. The zero-order valence-electron chi connectivity index (χ0n) is 13.3. The second kappa shape index (κ2) is 5.24. The highest BCUT2D eigenvalue weighted by atomic mass is 35.5. The van der Waals surface area contributed by atoms with E-state index in [0.717, 1.165) is 12.2 Å². The molecule has 1 aliphatic rings. The van der Waals surface area contributed by atoms with Crippen LogP contribution in [0.25, 0.3) is 11.2 Å². The van der Waals surface area contributed by atoms with Crippen LogP contribution < -0.4 is 16.1 Å². The molecule has 1 N–H and O–H groups in total. The van der Waals surface area contributed by atoms with Gasteiger partial charge in [-0.2, -0.15) is 4.98 Å². The third-order valence-corrected chi connectivity index (χ3v) is 4.57. The maximum Gasteiger partial charge on any atom is 0.329 e. The summed E-state index contributed by atoms with van der Waals surface area (Å²) >= 11 is 6.12. The number of fused-ring (bicyclic) bond motifs is 3. The van der Waals surface area contributed by atoms with Crippen molar-refractivity contribution in [2.75, 3.05) is 11.4 Å². The summed E-state index contributed by atoms with van der Waals surface area (Å²) in [6.45, 7) is 3.54. The molecule has 0 aliphatic carbocycles. The average Bonchev–Trinajstić information content (AvgIpc) is 2.91. The number of aryl methyl sites for hydroxylation is 1. The maximum atomic E-state index is 12.3. The van der Waals surface area contributed by atoms with E-state index in [-0.39, 0.29) is 0 Å². The summed E-state index contributed by atoms with van der Waals surface area (Å²) in [7, 11) is 1.60. The Morgan fingerprint density at radius 2 is 2.08 bits per heavy atom. The van der Waals surface area contributed by atoms with Crippen LogP contribution in [0.15, 0.2) is 33.9 Å². The van der Waals surface area contributed by atoms with Crippen LogP contribution in [0.1, 0.15) is 6.92 Å². The zero-order chi connectivity index (χ0) is 17.0. The van der Waals surface area contributed by atoms with Gasteiger partial charge in [0.1, 0.15) is 0 Å². The first-order chi connectivity index (χ1) is 11.5. The van der Waals surface area contributed by atoms with Gasteiger partial charge in [-0.1, -0.05) is 24.6 Å². The lowest BCUT2D eigenvalue weighted by atomic mass is 10.1. The van der Waals surface area contributed by atoms with Gasteiger partial charge in [0.2, 0.25) is 5.95 Å². The lowest BCUT2D eigenvalue weighted by Crippen LogP contribution is -2.35. The number of imidazole rings is 1. The van der Waals surface area contributed by atoms with Crippen LogP contribution in [-0.2, 0) is 13.6 Å². The first-order valence-electron chi connectivity index (χ1n) is 7.68. The van der Waals surface area contributed by atoms with Crippen molar-refractivity contribution in [2.24, 2.45) is 13.0 Å². The van der Waals surface area contributed by atoms with E-state index in [4.69, 9.17) is 11.6 Å². The first-order valence-corrected chi connectivity index (χ1v) is 8.06. The van der Waals surface area contributed by atoms with Gasteiger partial charge in [0, 0.05) is 30.8 Å². The van der Waals surface area contributed by atoms with Crippen molar-refractivity contribution in [3.8, 4) is 0 Å². The Balaban J connectivity index is 2.02. The highest BCUT2D eigenvalue weighted by Crippen LogP contribution is 2.33. The number of nitrogens with one attached hydrogen (secondary N) is 1. The number of halogens is 1. The van der Waals surface area contributed by atoms with Crippen LogP contribution in [-0.4, -0.2) is 25.6 Å². The SMILES string of the molecule is CC1CN(c2cccc(Cl)c2)c2nc3c(c(=O)[nH]c(=O)n3C)n2C1. The summed E-state index contributed by atoms with van der Waals surface area (Å²) in [4.78, 5) is 33.1. The van der Waals surface area contributed by atoms with E-state index in [2.05, 4.69) is 16.9 Å². The Bertz CT molecular complexity index is 1060. The van der Waals surface area contributed by atoms with Crippen molar-refractivity contribution >= 4 is 34.4 Å². The number of rotatable bonds is 1. The largest absolute Gasteiger partial charge is 0.329 e. The molecule has 0 spiro atoms. The number of nitrogens with zero attached hydrogens (tertiary/aromatic N) is 4. The molecule has 0 saturated carbocycles. The molecule has 124 valence electrons. The molecule has 0 fully saturated rings. The van der Waals surface area contributed by atoms with Crippen molar-refractivity contribution in [3.05, 3.63) is 50.1 Å². The normalized spacial score (nSPS) is 17.3. The van der Waals surface area contributed by atoms with E-state index in [1.165, 1.54) is 4.57 Å². The lowest BCUT2D eigenvalue weighted by molar-refractivity contribution is 0.458. The third-order valence-electron chi connectivity index (χ3n) is 4.34. The predicted octanol–water partition coefficient (Wildman–Crippen LogP) is 1.86. The molecule has 0 amide bonds. The first kappa shape index (κ1) is 15.0. The van der Waals surface area contributed by atoms with Crippen molar-refractivity contribution in [3.63, 3.8) is 0 Å². The lowest BCUT2D eigenvalue weighted by Gasteiger charge is -2.33. The second-order valence-electron chi connectivity index (χ2n) is 6.21. The van der Waals surface area contributed by atoms with Gasteiger partial charge in [0.05, 0.1) is 0 Å². The fraction of sp³-hybridized carbons (Fsp3) is 0.312. The summed E-state index contributed by atoms with van der Waals surface area (Å²) in [6.07, 6.45) is 0. The minimum Gasteiger partial charge on any atom is -0.312 e. The molecule has 1 aromatic carbocycles. The van der Waals surface area contributed by atoms with Gasteiger partial charge in [-0.15, -0.1) is 0 Å². The highest BCUT2D eigenvalue weighted by molar-refractivity contribution is 6.30. The number of hydrogen-bond acceptors (Lipinski definition) is 4. The van der Waals surface area contributed by atoms with E-state index in [0.29, 0.717) is 34.6 Å². The predicted molar refractivity (Wildman–Crippen MR) is 93.2 cm³/mol. The second-order valence-corrected chi connectivity index (χ2v) is 6.64. The Morgan fingerprint density at radius 1 is 1.29 bits per heavy atom. The molecule has 1 atom stereocenters. The average molecular weight is 346 g/mol. The number of aromatic amines is 1. The minimum atomic E-state index is -0.467. The smallest absolute Gasteiger partial charge is 0.312 e. The van der Waals surface area contributed by atoms with Crippen LogP contribution in [0.4, 0.5) is 11.6 Å². The van der Waals surface area contributed by atoms with Crippen LogP contribution in [0, 0.1) is 5.92 Å². The van der Waals surface area contributed by atoms with E-state index >= 15 is 0 Å². The van der Waals surface area contributed by atoms with Gasteiger partial charge in [-0.25, -0.2) is 4.79 Å². The van der Waals surface area contributed by atoms with Crippen LogP contribution >= 0.6 is 11.6 Å². The van der Waals surface area contributed by atoms with Gasteiger partial charge in [0.15, 0.2) is 11.2 Å². The monoisotopic (exact) mass is 345 g/mol. The number of hydrogen-bond donors (Lipinski definition) is 1. The molecule has 3 heterocycles. The Kier molecular flexibility index (Phi) is 3.28. The number of aromatic nitrogens is 4. The summed E-state index contributed by atoms with van der Waals surface area (Å²) in [5.41, 5.74) is 0.842. The van der Waals surface area contributed by atoms with Crippen molar-refractivity contribution in [2.45, 2.75) is 13.5 Å². The standard InChI is InChI=1S/C16H16ClN5O2/c1-9-7-21(11-5-3-4-10(17)6-11)15-18-13-12(22(15)8-9)14(23)19-16(24)20(13)2/h3-6,9H,7-8H2,1-2H3,(H,19,23,24). The van der Waals surface area contributed by atoms with E-state index < -0.39 is 11.2 Å². The molecule has 4 rings (SSSR count). The Labute approximate surface area is 142 Å². The fourth-order valence-electron chi connectivity index (χ4n) is 3.23. The van der Waals surface area contributed by atoms with Gasteiger partial charge >= 0.3 is 5.69 Å². The molecule has 24 heavy (non-hydrogen) atoms. The molecule has 7 nitrogen and oxygen atoms in total. The van der Waals surface area contributed by atoms with Gasteiger partial charge < -0.3 is 9.47 Å². The molecule has 0 bridgehead atoms. The van der Waals surface area contributed by atoms with Gasteiger partial charge in [0.25, 0.3) is 5.56 Å². The molecule has 8 heteroatoms. The quantitative estimate of drug-likeness (QED) is 0.730. The van der Waals surface area contributed by atoms with Crippen molar-refractivity contribution in [1.29, 1.82) is 0 Å². The van der Waals surface area contributed by atoms with Crippen molar-refractivity contribution < 1.29 is 0 Å². The maximum absolute atomic E-state index is 12.3. The minimum absolute atomic E-state index is 0.311. The third kappa shape index (κ3) is 2.16. The highest BCUT2D eigenvalue weighted by Gasteiger charge is 2.28. The van der Waals surface area contributed by atoms with Gasteiger partial charge in [-0.3, -0.25) is 14.3 Å². The van der Waals surface area contributed by atoms with Crippen LogP contribution in [0.3, 0.4) is 0 Å². The zero-order valence-corrected chi connectivity index (χ0v) is 14.0. The summed E-state index contributed by atoms with van der Waals surface area (Å²) in [5, 5.41) is 0.638. The van der Waals surface area contributed by atoms with Gasteiger partial charge in [-0.05, 0) is 24.1 Å². The topological polar surface area (TPSA) is 75.9 Å². The molecule has 0 saturated heterocycles. The van der Waals surface area contributed by atoms with Crippen LogP contribution in [0.2, 0.25) is 5.02 Å². The Hall–Kier alpha value is -2.54. The van der Waals surface area contributed by atoms with E-state index in [9.17, 15) is 9.59 Å². The molecule has 1 aliphatic heterocycles. The number of H-pyrrole nitrogens is 1. The molecule has 1 unspecified atom stereocenters. The Morgan fingerprint density at radius 3 is 2.83 bits per heavy atom. The van der Waals surface area contributed by atoms with Crippen LogP contribution in [0.5, 0.6) is 0 Å². The fourth-order valence-corrected chi connectivity index (χ4v) is 3.41. The molecule has 0 radical (unpaired) electrons. The molecule has 2 aromatic heterocycles. The molecule has 3 aromatic rings. The number of benzene rings is 1. The van der Waals surface area contributed by atoms with E-state index in [1.54, 1.807) is 7.05 Å². The molecular formula is C16H16ClN5O2. The number of anilines is 2.